The Morgan fingerprint density at radius 3 is 2.43 bits per heavy atom. The Morgan fingerprint density at radius 1 is 1.09 bits per heavy atom. The summed E-state index contributed by atoms with van der Waals surface area (Å²) in [5.74, 6) is -0.443. The highest BCUT2D eigenvalue weighted by Crippen LogP contribution is 2.20. The highest BCUT2D eigenvalue weighted by atomic mass is 35.5. The number of hydrogen-bond acceptors (Lipinski definition) is 3. The third-order valence-electron chi connectivity index (χ3n) is 3.22. The lowest BCUT2D eigenvalue weighted by Gasteiger charge is -2.11. The molecule has 0 atom stereocenters. The molecule has 122 valence electrons. The minimum Gasteiger partial charge on any atom is -0.325 e. The van der Waals surface area contributed by atoms with Crippen molar-refractivity contribution in [3.05, 3.63) is 59.1 Å². The van der Waals surface area contributed by atoms with Gasteiger partial charge in [0.25, 0.3) is 0 Å². The van der Waals surface area contributed by atoms with Crippen LogP contribution in [0.2, 0.25) is 5.02 Å². The van der Waals surface area contributed by atoms with Crippen LogP contribution in [-0.4, -0.2) is 20.9 Å². The first kappa shape index (κ1) is 17.5. The second-order valence-electron chi connectivity index (χ2n) is 4.81. The van der Waals surface area contributed by atoms with Gasteiger partial charge in [-0.05, 0) is 30.2 Å². The van der Waals surface area contributed by atoms with Crippen LogP contribution in [0.4, 0.5) is 5.69 Å². The highest BCUT2D eigenvalue weighted by molar-refractivity contribution is 7.89. The topological polar surface area (TPSA) is 75.3 Å². The number of carbonyl (C=O) groups excluding carboxylic acids is 1. The predicted octanol–water partition coefficient (Wildman–Crippen LogP) is 2.82. The Labute approximate surface area is 140 Å². The Kier molecular flexibility index (Phi) is 5.76. The van der Waals surface area contributed by atoms with Crippen LogP contribution in [0, 0.1) is 0 Å². The lowest BCUT2D eigenvalue weighted by molar-refractivity contribution is -0.115. The third-order valence-corrected chi connectivity index (χ3v) is 5.12. The van der Waals surface area contributed by atoms with Gasteiger partial charge in [0, 0.05) is 5.69 Å². The molecule has 0 fully saturated rings. The molecule has 2 N–H and O–H groups in total. The van der Waals surface area contributed by atoms with Crippen LogP contribution in [0.1, 0.15) is 12.5 Å². The van der Waals surface area contributed by atoms with E-state index in [0.717, 1.165) is 12.0 Å². The van der Waals surface area contributed by atoms with E-state index >= 15 is 0 Å². The Morgan fingerprint density at radius 2 is 1.74 bits per heavy atom. The number of amides is 1. The molecule has 2 aromatic rings. The third kappa shape index (κ3) is 4.54. The van der Waals surface area contributed by atoms with Crippen LogP contribution in [0.5, 0.6) is 0 Å². The van der Waals surface area contributed by atoms with E-state index < -0.39 is 15.9 Å². The summed E-state index contributed by atoms with van der Waals surface area (Å²) in [5.41, 5.74) is 1.66. The van der Waals surface area contributed by atoms with Crippen molar-refractivity contribution in [3.63, 3.8) is 0 Å². The summed E-state index contributed by atoms with van der Waals surface area (Å²) in [4.78, 5) is 11.9. The van der Waals surface area contributed by atoms with Gasteiger partial charge in [-0.1, -0.05) is 48.9 Å². The smallest absolute Gasteiger partial charge is 0.242 e. The average Bonchev–Trinajstić information content (AvgIpc) is 2.54. The van der Waals surface area contributed by atoms with Gasteiger partial charge in [-0.25, -0.2) is 13.1 Å². The molecular weight excluding hydrogens is 336 g/mol. The molecule has 0 aromatic heterocycles. The van der Waals surface area contributed by atoms with Gasteiger partial charge in [0.2, 0.25) is 15.9 Å². The number of rotatable bonds is 6. The van der Waals surface area contributed by atoms with E-state index in [1.165, 1.54) is 12.1 Å². The van der Waals surface area contributed by atoms with E-state index in [1.807, 2.05) is 25.1 Å². The highest BCUT2D eigenvalue weighted by Gasteiger charge is 2.18. The first-order chi connectivity index (χ1) is 10.9. The number of benzene rings is 2. The van der Waals surface area contributed by atoms with Gasteiger partial charge in [0.05, 0.1) is 11.6 Å². The van der Waals surface area contributed by atoms with Crippen molar-refractivity contribution >= 4 is 33.2 Å². The van der Waals surface area contributed by atoms with Gasteiger partial charge < -0.3 is 5.32 Å². The zero-order valence-electron chi connectivity index (χ0n) is 12.5. The van der Waals surface area contributed by atoms with Crippen molar-refractivity contribution in [2.24, 2.45) is 0 Å². The first-order valence-electron chi connectivity index (χ1n) is 7.06. The van der Waals surface area contributed by atoms with Gasteiger partial charge in [0.1, 0.15) is 4.90 Å². The average molecular weight is 353 g/mol. The van der Waals surface area contributed by atoms with Gasteiger partial charge in [0.15, 0.2) is 0 Å². The van der Waals surface area contributed by atoms with Gasteiger partial charge >= 0.3 is 0 Å². The number of nitrogens with one attached hydrogen (secondary N) is 2. The SMILES string of the molecule is CCc1ccccc1NC(=O)CNS(=O)(=O)c1ccccc1Cl. The maximum Gasteiger partial charge on any atom is 0.242 e. The second-order valence-corrected chi connectivity index (χ2v) is 6.96. The molecule has 0 heterocycles. The zero-order chi connectivity index (χ0) is 16.9. The van der Waals surface area contributed by atoms with Gasteiger partial charge in [-0.15, -0.1) is 0 Å². The molecule has 0 saturated heterocycles. The van der Waals surface area contributed by atoms with Crippen LogP contribution < -0.4 is 10.0 Å². The number of aryl methyl sites for hydroxylation is 1. The molecule has 0 saturated carbocycles. The Balaban J connectivity index is 2.03. The summed E-state index contributed by atoms with van der Waals surface area (Å²) in [7, 11) is -3.84. The Bertz CT molecular complexity index is 806. The molecule has 0 unspecified atom stereocenters. The Hall–Kier alpha value is -1.89. The molecule has 0 aliphatic heterocycles. The normalized spacial score (nSPS) is 11.2. The summed E-state index contributed by atoms with van der Waals surface area (Å²) in [6.07, 6.45) is 0.766. The summed E-state index contributed by atoms with van der Waals surface area (Å²) < 4.78 is 26.6. The standard InChI is InChI=1S/C16H17ClN2O3S/c1-2-12-7-3-5-9-14(12)19-16(20)11-18-23(21,22)15-10-6-4-8-13(15)17/h3-10,18H,2,11H2,1H3,(H,19,20). The van der Waals surface area contributed by atoms with Crippen molar-refractivity contribution < 1.29 is 13.2 Å². The van der Waals surface area contributed by atoms with Crippen molar-refractivity contribution in [3.8, 4) is 0 Å². The molecule has 23 heavy (non-hydrogen) atoms. The maximum absolute atomic E-state index is 12.2. The quantitative estimate of drug-likeness (QED) is 0.839. The summed E-state index contributed by atoms with van der Waals surface area (Å²) in [6.45, 7) is 1.61. The number of carbonyl (C=O) groups is 1. The minimum absolute atomic E-state index is 0.0524. The van der Waals surface area contributed by atoms with Crippen molar-refractivity contribution in [1.29, 1.82) is 0 Å². The van der Waals surface area contributed by atoms with E-state index in [9.17, 15) is 13.2 Å². The van der Waals surface area contributed by atoms with E-state index in [2.05, 4.69) is 10.0 Å². The fourth-order valence-corrected chi connectivity index (χ4v) is 3.55. The molecular formula is C16H17ClN2O3S. The molecule has 0 radical (unpaired) electrons. The van der Waals surface area contributed by atoms with Gasteiger partial charge in [-0.2, -0.15) is 0 Å². The van der Waals surface area contributed by atoms with E-state index in [-0.39, 0.29) is 16.5 Å². The molecule has 0 bridgehead atoms. The molecule has 5 nitrogen and oxygen atoms in total. The van der Waals surface area contributed by atoms with Crippen molar-refractivity contribution in [2.75, 3.05) is 11.9 Å². The van der Waals surface area contributed by atoms with Crippen molar-refractivity contribution in [1.82, 2.24) is 4.72 Å². The maximum atomic E-state index is 12.2. The monoisotopic (exact) mass is 352 g/mol. The van der Waals surface area contributed by atoms with Crippen LogP contribution in [0.15, 0.2) is 53.4 Å². The van der Waals surface area contributed by atoms with Crippen LogP contribution in [0.3, 0.4) is 0 Å². The molecule has 1 amide bonds. The van der Waals surface area contributed by atoms with E-state index in [4.69, 9.17) is 11.6 Å². The predicted molar refractivity (Wildman–Crippen MR) is 91.1 cm³/mol. The van der Waals surface area contributed by atoms with Gasteiger partial charge in [-0.3, -0.25) is 4.79 Å². The van der Waals surface area contributed by atoms with Crippen LogP contribution >= 0.6 is 11.6 Å². The molecule has 7 heteroatoms. The number of hydrogen-bond donors (Lipinski definition) is 2. The van der Waals surface area contributed by atoms with Crippen LogP contribution in [-0.2, 0) is 21.2 Å². The lowest BCUT2D eigenvalue weighted by Crippen LogP contribution is -2.33. The second kappa shape index (κ2) is 7.59. The summed E-state index contributed by atoms with van der Waals surface area (Å²) >= 11 is 5.87. The fraction of sp³-hybridized carbons (Fsp3) is 0.188. The number of halogens is 1. The fourth-order valence-electron chi connectivity index (χ4n) is 2.05. The molecule has 2 rings (SSSR count). The number of para-hydroxylation sites is 1. The summed E-state index contributed by atoms with van der Waals surface area (Å²) in [5, 5.41) is 2.81. The summed E-state index contributed by atoms with van der Waals surface area (Å²) in [6, 6.07) is 13.4. The lowest BCUT2D eigenvalue weighted by atomic mass is 10.1. The van der Waals surface area contributed by atoms with Crippen LogP contribution in [0.25, 0.3) is 0 Å². The number of anilines is 1. The zero-order valence-corrected chi connectivity index (χ0v) is 14.1. The van der Waals surface area contributed by atoms with E-state index in [1.54, 1.807) is 18.2 Å². The molecule has 2 aromatic carbocycles. The minimum atomic E-state index is -3.84. The largest absolute Gasteiger partial charge is 0.325 e. The first-order valence-corrected chi connectivity index (χ1v) is 8.92. The molecule has 0 aliphatic carbocycles. The molecule has 0 spiro atoms. The van der Waals surface area contributed by atoms with E-state index in [0.29, 0.717) is 5.69 Å². The number of sulfonamides is 1. The molecule has 0 aliphatic rings. The van der Waals surface area contributed by atoms with Crippen molar-refractivity contribution in [2.45, 2.75) is 18.2 Å².